The van der Waals surface area contributed by atoms with Gasteiger partial charge in [-0.25, -0.2) is 9.59 Å². The Morgan fingerprint density at radius 3 is 1.90 bits per heavy atom. The molecule has 0 saturated carbocycles. The fraction of sp³-hybridized carbons (Fsp3) is 0.857. The summed E-state index contributed by atoms with van der Waals surface area (Å²) in [5.41, 5.74) is 10.0. The van der Waals surface area contributed by atoms with Crippen LogP contribution in [0.3, 0.4) is 0 Å². The number of primary amides is 2. The van der Waals surface area contributed by atoms with Crippen molar-refractivity contribution in [3.05, 3.63) is 0 Å². The van der Waals surface area contributed by atoms with Crippen LogP contribution in [0.5, 0.6) is 0 Å². The van der Waals surface area contributed by atoms with E-state index in [4.69, 9.17) is 20.9 Å². The summed E-state index contributed by atoms with van der Waals surface area (Å²) >= 11 is 0. The van der Waals surface area contributed by atoms with Crippen molar-refractivity contribution < 1.29 is 19.1 Å². The molecule has 0 aliphatic carbocycles. The molecule has 2 unspecified atom stereocenters. The highest BCUT2D eigenvalue weighted by Gasteiger charge is 2.28. The summed E-state index contributed by atoms with van der Waals surface area (Å²) in [4.78, 5) is 21.8. The van der Waals surface area contributed by atoms with Crippen LogP contribution in [-0.2, 0) is 9.47 Å². The molecule has 0 aromatic heterocycles. The molecule has 0 fully saturated rings. The second-order valence-corrected chi connectivity index (χ2v) is 5.06. The standard InChI is InChI=1S/C14H28N2O4/c1-4-7-8-10(5-2)9-11(6-3)12(19-13(15)17)20-14(16)18/h10-12H,4-9H2,1-3H3,(H2,15,17)(H2,16,18). The Hall–Kier alpha value is -1.46. The summed E-state index contributed by atoms with van der Waals surface area (Å²) in [6.45, 7) is 6.24. The molecule has 0 bridgehead atoms. The fourth-order valence-electron chi connectivity index (χ4n) is 2.33. The molecule has 2 atom stereocenters. The number of carbonyl (C=O) groups is 2. The van der Waals surface area contributed by atoms with Gasteiger partial charge >= 0.3 is 12.2 Å². The minimum absolute atomic E-state index is 0.0863. The monoisotopic (exact) mass is 288 g/mol. The predicted octanol–water partition coefficient (Wildman–Crippen LogP) is 3.14. The zero-order valence-corrected chi connectivity index (χ0v) is 12.8. The van der Waals surface area contributed by atoms with Gasteiger partial charge in [0.05, 0.1) is 0 Å². The predicted molar refractivity (Wildman–Crippen MR) is 76.8 cm³/mol. The molecule has 118 valence electrons. The van der Waals surface area contributed by atoms with Gasteiger partial charge < -0.3 is 20.9 Å². The van der Waals surface area contributed by atoms with Gasteiger partial charge in [0.2, 0.25) is 0 Å². The first-order chi connectivity index (χ1) is 9.44. The van der Waals surface area contributed by atoms with Crippen molar-refractivity contribution in [1.82, 2.24) is 0 Å². The van der Waals surface area contributed by atoms with Crippen LogP contribution >= 0.6 is 0 Å². The summed E-state index contributed by atoms with van der Waals surface area (Å²) in [7, 11) is 0. The maximum Gasteiger partial charge on any atom is 0.407 e. The van der Waals surface area contributed by atoms with Crippen molar-refractivity contribution in [3.8, 4) is 0 Å². The number of rotatable bonds is 10. The molecule has 2 amide bonds. The SMILES string of the molecule is CCCCC(CC)CC(CC)C(OC(N)=O)OC(N)=O. The third-order valence-corrected chi connectivity index (χ3v) is 3.55. The van der Waals surface area contributed by atoms with Gasteiger partial charge in [0.1, 0.15) is 0 Å². The van der Waals surface area contributed by atoms with Gasteiger partial charge in [-0.15, -0.1) is 0 Å². The topological polar surface area (TPSA) is 105 Å². The van der Waals surface area contributed by atoms with E-state index in [1.807, 2.05) is 6.92 Å². The number of ether oxygens (including phenoxy) is 2. The molecule has 0 spiro atoms. The summed E-state index contributed by atoms with van der Waals surface area (Å²) in [5.74, 6) is 0.423. The average molecular weight is 288 g/mol. The normalized spacial score (nSPS) is 13.8. The zero-order chi connectivity index (χ0) is 15.5. The molecule has 4 N–H and O–H groups in total. The molecule has 0 heterocycles. The Kier molecular flexibility index (Phi) is 9.59. The van der Waals surface area contributed by atoms with E-state index in [9.17, 15) is 9.59 Å². The lowest BCUT2D eigenvalue weighted by molar-refractivity contribution is -0.0975. The van der Waals surface area contributed by atoms with Gasteiger partial charge in [-0.3, -0.25) is 0 Å². The molecule has 0 rings (SSSR count). The van der Waals surface area contributed by atoms with Gasteiger partial charge in [0, 0.05) is 5.92 Å². The number of unbranched alkanes of at least 4 members (excludes halogenated alkanes) is 1. The molecule has 0 radical (unpaired) electrons. The van der Waals surface area contributed by atoms with Crippen LogP contribution in [0.4, 0.5) is 9.59 Å². The number of amides is 2. The lowest BCUT2D eigenvalue weighted by atomic mass is 9.87. The maximum atomic E-state index is 10.9. The molecule has 0 aromatic rings. The molecule has 0 aromatic carbocycles. The lowest BCUT2D eigenvalue weighted by Gasteiger charge is -2.27. The number of hydrogen-bond donors (Lipinski definition) is 2. The summed E-state index contributed by atoms with van der Waals surface area (Å²) < 4.78 is 9.76. The van der Waals surface area contributed by atoms with Crippen molar-refractivity contribution in [2.75, 3.05) is 0 Å². The second kappa shape index (κ2) is 10.3. The van der Waals surface area contributed by atoms with Crippen molar-refractivity contribution in [2.45, 2.75) is 65.6 Å². The van der Waals surface area contributed by atoms with Crippen LogP contribution < -0.4 is 11.5 Å². The molecule has 20 heavy (non-hydrogen) atoms. The molecule has 6 heteroatoms. The minimum atomic E-state index is -0.995. The van der Waals surface area contributed by atoms with Gasteiger partial charge in [-0.05, 0) is 18.8 Å². The molecular weight excluding hydrogens is 260 g/mol. The first kappa shape index (κ1) is 18.5. The van der Waals surface area contributed by atoms with Gasteiger partial charge in [-0.1, -0.05) is 46.5 Å². The molecular formula is C14H28N2O4. The highest BCUT2D eigenvalue weighted by atomic mass is 16.7. The Balaban J connectivity index is 4.68. The second-order valence-electron chi connectivity index (χ2n) is 5.06. The maximum absolute atomic E-state index is 10.9. The Labute approximate surface area is 121 Å². The Morgan fingerprint density at radius 2 is 1.55 bits per heavy atom. The Bertz CT molecular complexity index is 281. The van der Waals surface area contributed by atoms with Crippen LogP contribution in [-0.4, -0.2) is 18.5 Å². The Morgan fingerprint density at radius 1 is 1.00 bits per heavy atom. The van der Waals surface area contributed by atoms with Crippen molar-refractivity contribution in [2.24, 2.45) is 23.3 Å². The van der Waals surface area contributed by atoms with Crippen LogP contribution in [0.25, 0.3) is 0 Å². The van der Waals surface area contributed by atoms with Crippen molar-refractivity contribution >= 4 is 12.2 Å². The molecule has 6 nitrogen and oxygen atoms in total. The van der Waals surface area contributed by atoms with E-state index in [0.717, 1.165) is 32.1 Å². The number of nitrogens with two attached hydrogens (primary N) is 2. The first-order valence-electron chi connectivity index (χ1n) is 7.36. The van der Waals surface area contributed by atoms with Crippen LogP contribution in [0.1, 0.15) is 59.3 Å². The molecule has 0 aliphatic heterocycles. The average Bonchev–Trinajstić information content (AvgIpc) is 2.37. The third kappa shape index (κ3) is 7.86. The van der Waals surface area contributed by atoms with Crippen molar-refractivity contribution in [1.29, 1.82) is 0 Å². The third-order valence-electron chi connectivity index (χ3n) is 3.55. The highest BCUT2D eigenvalue weighted by Crippen LogP contribution is 2.27. The van der Waals surface area contributed by atoms with Gasteiger partial charge in [-0.2, -0.15) is 0 Å². The largest absolute Gasteiger partial charge is 0.409 e. The van der Waals surface area contributed by atoms with E-state index >= 15 is 0 Å². The molecule has 0 saturated heterocycles. The zero-order valence-electron chi connectivity index (χ0n) is 12.8. The smallest absolute Gasteiger partial charge is 0.407 e. The lowest BCUT2D eigenvalue weighted by Crippen LogP contribution is -2.36. The van der Waals surface area contributed by atoms with E-state index in [2.05, 4.69) is 13.8 Å². The van der Waals surface area contributed by atoms with Crippen molar-refractivity contribution in [3.63, 3.8) is 0 Å². The van der Waals surface area contributed by atoms with E-state index in [1.165, 1.54) is 0 Å². The van der Waals surface area contributed by atoms with E-state index in [-0.39, 0.29) is 5.92 Å². The fourth-order valence-corrected chi connectivity index (χ4v) is 2.33. The molecule has 0 aliphatic rings. The first-order valence-corrected chi connectivity index (χ1v) is 7.36. The minimum Gasteiger partial charge on any atom is -0.409 e. The van der Waals surface area contributed by atoms with E-state index < -0.39 is 18.5 Å². The summed E-state index contributed by atoms with van der Waals surface area (Å²) in [5, 5.41) is 0. The van der Waals surface area contributed by atoms with Gasteiger partial charge in [0.25, 0.3) is 6.29 Å². The number of carbonyl (C=O) groups excluding carboxylic acids is 2. The van der Waals surface area contributed by atoms with Crippen LogP contribution in [0.2, 0.25) is 0 Å². The number of hydrogen-bond acceptors (Lipinski definition) is 4. The highest BCUT2D eigenvalue weighted by molar-refractivity contribution is 5.66. The quantitative estimate of drug-likeness (QED) is 0.602. The van der Waals surface area contributed by atoms with E-state index in [1.54, 1.807) is 0 Å². The van der Waals surface area contributed by atoms with Crippen LogP contribution in [0, 0.1) is 11.8 Å². The summed E-state index contributed by atoms with van der Waals surface area (Å²) in [6, 6.07) is 0. The van der Waals surface area contributed by atoms with Crippen LogP contribution in [0.15, 0.2) is 0 Å². The van der Waals surface area contributed by atoms with E-state index in [0.29, 0.717) is 12.3 Å². The van der Waals surface area contributed by atoms with Gasteiger partial charge in [0.15, 0.2) is 0 Å². The summed E-state index contributed by atoms with van der Waals surface area (Å²) in [6.07, 6.45) is 3.07.